The van der Waals surface area contributed by atoms with Gasteiger partial charge >= 0.3 is 0 Å². The molecule has 0 N–H and O–H groups in total. The standard InChI is InChI=1S/C11H18N2/c1-12-10-8-6-4-3-5-7-9-11-13-2/h3-11H2. The zero-order chi connectivity index (χ0) is 9.78. The van der Waals surface area contributed by atoms with Crippen LogP contribution in [0.5, 0.6) is 0 Å². The van der Waals surface area contributed by atoms with E-state index in [2.05, 4.69) is 9.69 Å². The lowest BCUT2D eigenvalue weighted by Crippen LogP contribution is -1.83. The number of rotatable bonds is 8. The monoisotopic (exact) mass is 178 g/mol. The molecule has 0 aliphatic rings. The van der Waals surface area contributed by atoms with Crippen LogP contribution < -0.4 is 0 Å². The number of unbranched alkanes of at least 4 members (excludes halogenated alkanes) is 6. The van der Waals surface area contributed by atoms with Gasteiger partial charge in [-0.1, -0.05) is 19.3 Å². The fraction of sp³-hybridized carbons (Fsp3) is 0.818. The molecule has 0 amide bonds. The fourth-order valence-corrected chi connectivity index (χ4v) is 1.27. The van der Waals surface area contributed by atoms with Gasteiger partial charge in [0.15, 0.2) is 0 Å². The molecule has 0 atom stereocenters. The molecule has 0 rings (SSSR count). The lowest BCUT2D eigenvalue weighted by Gasteiger charge is -1.96. The minimum atomic E-state index is 0.692. The maximum atomic E-state index is 6.59. The van der Waals surface area contributed by atoms with Crippen molar-refractivity contribution in [2.24, 2.45) is 0 Å². The summed E-state index contributed by atoms with van der Waals surface area (Å²) in [6.07, 6.45) is 8.31. The molecule has 0 aliphatic heterocycles. The number of nitrogens with zero attached hydrogens (tertiary/aromatic N) is 2. The number of hydrogen-bond donors (Lipinski definition) is 0. The highest BCUT2D eigenvalue weighted by Crippen LogP contribution is 2.07. The third kappa shape index (κ3) is 11.0. The summed E-state index contributed by atoms with van der Waals surface area (Å²) in [4.78, 5) is 6.62. The summed E-state index contributed by atoms with van der Waals surface area (Å²) in [5, 5.41) is 0. The highest BCUT2D eigenvalue weighted by atomic mass is 14.6. The van der Waals surface area contributed by atoms with E-state index >= 15 is 0 Å². The van der Waals surface area contributed by atoms with Crippen LogP contribution in [0.4, 0.5) is 0 Å². The highest BCUT2D eigenvalue weighted by molar-refractivity contribution is 4.59. The first-order valence-electron chi connectivity index (χ1n) is 5.08. The summed E-state index contributed by atoms with van der Waals surface area (Å²) >= 11 is 0. The van der Waals surface area contributed by atoms with Crippen molar-refractivity contribution in [3.05, 3.63) is 22.8 Å². The Balaban J connectivity index is 2.85. The SMILES string of the molecule is [C-]#[N+]CCCCCCCCC[N+]#[C-]. The molecule has 0 fully saturated rings. The van der Waals surface area contributed by atoms with Crippen molar-refractivity contribution < 1.29 is 0 Å². The molecule has 13 heavy (non-hydrogen) atoms. The maximum absolute atomic E-state index is 6.59. The second kappa shape index (κ2) is 11.0. The van der Waals surface area contributed by atoms with E-state index in [1.54, 1.807) is 0 Å². The maximum Gasteiger partial charge on any atom is 0.214 e. The predicted molar refractivity (Wildman–Crippen MR) is 55.3 cm³/mol. The zero-order valence-electron chi connectivity index (χ0n) is 8.26. The molecule has 0 aromatic carbocycles. The van der Waals surface area contributed by atoms with Crippen molar-refractivity contribution in [1.82, 2.24) is 0 Å². The summed E-state index contributed by atoms with van der Waals surface area (Å²) in [6, 6.07) is 0. The fourth-order valence-electron chi connectivity index (χ4n) is 1.27. The van der Waals surface area contributed by atoms with E-state index < -0.39 is 0 Å². The van der Waals surface area contributed by atoms with Crippen LogP contribution in [-0.4, -0.2) is 13.1 Å². The van der Waals surface area contributed by atoms with E-state index in [1.807, 2.05) is 0 Å². The van der Waals surface area contributed by atoms with Crippen LogP contribution in [0.2, 0.25) is 0 Å². The molecule has 0 aromatic heterocycles. The summed E-state index contributed by atoms with van der Waals surface area (Å²) in [7, 11) is 0. The van der Waals surface area contributed by atoms with E-state index in [1.165, 1.54) is 32.1 Å². The quantitative estimate of drug-likeness (QED) is 0.397. The van der Waals surface area contributed by atoms with Crippen LogP contribution in [0, 0.1) is 13.1 Å². The molecule has 72 valence electrons. The van der Waals surface area contributed by atoms with Gasteiger partial charge in [-0.2, -0.15) is 0 Å². The van der Waals surface area contributed by atoms with Crippen molar-refractivity contribution >= 4 is 0 Å². The van der Waals surface area contributed by atoms with Gasteiger partial charge in [0.25, 0.3) is 0 Å². The Labute approximate surface area is 81.6 Å². The van der Waals surface area contributed by atoms with Gasteiger partial charge in [0.1, 0.15) is 0 Å². The second-order valence-electron chi connectivity index (χ2n) is 3.24. The average Bonchev–Trinajstić information content (AvgIpc) is 2.16. The van der Waals surface area contributed by atoms with Crippen LogP contribution in [0.25, 0.3) is 9.69 Å². The largest absolute Gasteiger partial charge is 0.317 e. The van der Waals surface area contributed by atoms with Gasteiger partial charge in [-0.15, -0.1) is 0 Å². The molecule has 2 heteroatoms. The number of hydrogen-bond acceptors (Lipinski definition) is 0. The summed E-state index contributed by atoms with van der Waals surface area (Å²) in [6.45, 7) is 14.6. The molecular formula is C11H18N2. The Morgan fingerprint density at radius 1 is 0.538 bits per heavy atom. The van der Waals surface area contributed by atoms with Gasteiger partial charge in [-0.25, -0.2) is 13.1 Å². The molecule has 0 heterocycles. The Hall–Kier alpha value is -1.02. The lowest BCUT2D eigenvalue weighted by atomic mass is 10.1. The van der Waals surface area contributed by atoms with E-state index in [-0.39, 0.29) is 0 Å². The van der Waals surface area contributed by atoms with Gasteiger partial charge in [-0.05, 0) is 12.8 Å². The van der Waals surface area contributed by atoms with E-state index in [0.29, 0.717) is 13.1 Å². The van der Waals surface area contributed by atoms with E-state index in [4.69, 9.17) is 13.1 Å². The van der Waals surface area contributed by atoms with Crippen molar-refractivity contribution in [2.75, 3.05) is 13.1 Å². The summed E-state index contributed by atoms with van der Waals surface area (Å²) < 4.78 is 0. The Kier molecular flexibility index (Phi) is 10.1. The molecule has 2 nitrogen and oxygen atoms in total. The van der Waals surface area contributed by atoms with Crippen molar-refractivity contribution in [3.63, 3.8) is 0 Å². The Morgan fingerprint density at radius 2 is 0.846 bits per heavy atom. The van der Waals surface area contributed by atoms with Crippen LogP contribution in [0.1, 0.15) is 44.9 Å². The Morgan fingerprint density at radius 3 is 1.15 bits per heavy atom. The van der Waals surface area contributed by atoms with Gasteiger partial charge in [0, 0.05) is 12.8 Å². The zero-order valence-corrected chi connectivity index (χ0v) is 8.26. The van der Waals surface area contributed by atoms with E-state index in [0.717, 1.165) is 12.8 Å². The normalized spacial score (nSPS) is 9.08. The van der Waals surface area contributed by atoms with Crippen LogP contribution in [0.15, 0.2) is 0 Å². The highest BCUT2D eigenvalue weighted by Gasteiger charge is 1.93. The molecule has 0 aromatic rings. The summed E-state index contributed by atoms with van der Waals surface area (Å²) in [5.74, 6) is 0. The molecule has 0 saturated carbocycles. The van der Waals surface area contributed by atoms with Gasteiger partial charge in [-0.3, -0.25) is 0 Å². The first-order valence-corrected chi connectivity index (χ1v) is 5.08. The van der Waals surface area contributed by atoms with Crippen LogP contribution in [0.3, 0.4) is 0 Å². The van der Waals surface area contributed by atoms with Gasteiger partial charge in [0.2, 0.25) is 13.1 Å². The molecule has 0 unspecified atom stereocenters. The molecule has 0 bridgehead atoms. The third-order valence-corrected chi connectivity index (χ3v) is 2.04. The minimum Gasteiger partial charge on any atom is -0.317 e. The van der Waals surface area contributed by atoms with Crippen LogP contribution >= 0.6 is 0 Å². The first-order chi connectivity index (χ1) is 6.41. The molecule has 0 spiro atoms. The Bertz CT molecular complexity index is 154. The van der Waals surface area contributed by atoms with Crippen molar-refractivity contribution in [2.45, 2.75) is 44.9 Å². The first kappa shape index (κ1) is 12.0. The molecule has 0 aliphatic carbocycles. The van der Waals surface area contributed by atoms with Gasteiger partial charge < -0.3 is 9.69 Å². The second-order valence-corrected chi connectivity index (χ2v) is 3.24. The van der Waals surface area contributed by atoms with Crippen molar-refractivity contribution in [3.8, 4) is 0 Å². The molecular weight excluding hydrogens is 160 g/mol. The van der Waals surface area contributed by atoms with E-state index in [9.17, 15) is 0 Å². The molecule has 0 radical (unpaired) electrons. The lowest BCUT2D eigenvalue weighted by molar-refractivity contribution is 0.596. The average molecular weight is 178 g/mol. The van der Waals surface area contributed by atoms with Crippen LogP contribution in [-0.2, 0) is 0 Å². The summed E-state index contributed by atoms with van der Waals surface area (Å²) in [5.41, 5.74) is 0. The topological polar surface area (TPSA) is 8.72 Å². The third-order valence-electron chi connectivity index (χ3n) is 2.04. The smallest absolute Gasteiger partial charge is 0.214 e. The van der Waals surface area contributed by atoms with Gasteiger partial charge in [0.05, 0.1) is 0 Å². The molecule has 0 saturated heterocycles. The van der Waals surface area contributed by atoms with Crippen molar-refractivity contribution in [1.29, 1.82) is 0 Å². The minimum absolute atomic E-state index is 0.692. The predicted octanol–water partition coefficient (Wildman–Crippen LogP) is 3.56.